The number of fused-ring (bicyclic) bond motifs is 6. The predicted molar refractivity (Wildman–Crippen MR) is 215 cm³/mol. The van der Waals surface area contributed by atoms with Crippen LogP contribution in [0.1, 0.15) is 28.4 Å². The molecule has 0 bridgehead atoms. The van der Waals surface area contributed by atoms with Gasteiger partial charge in [0.2, 0.25) is 0 Å². The van der Waals surface area contributed by atoms with E-state index in [9.17, 15) is 5.26 Å². The van der Waals surface area contributed by atoms with Crippen LogP contribution in [0.25, 0.3) is 60.6 Å². The molecule has 250 valence electrons. The highest BCUT2D eigenvalue weighted by atomic mass is 16.3. The standard InChI is InChI=1S/C47H31N5O/c1-51-46(31-11-4-2-5-12-31)49-45(50-47(51)32-21-19-30(29-48)20-22-32)39-17-10-16-38-37-25-23-34(28-43(37)53-44(38)39)33-24-26-42-40(27-33)36-15-8-9-18-41(36)52(42)35-13-6-3-7-14-35/h2-28,46H,1H3. The highest BCUT2D eigenvalue weighted by molar-refractivity contribution is 6.19. The van der Waals surface area contributed by atoms with Crippen LogP contribution in [0.5, 0.6) is 0 Å². The summed E-state index contributed by atoms with van der Waals surface area (Å²) in [5.41, 5.74) is 10.7. The lowest BCUT2D eigenvalue weighted by Gasteiger charge is -2.32. The number of rotatable bonds is 5. The molecule has 0 radical (unpaired) electrons. The molecule has 1 unspecified atom stereocenters. The molecule has 7 aromatic carbocycles. The van der Waals surface area contributed by atoms with Crippen LogP contribution in [0.15, 0.2) is 178 Å². The lowest BCUT2D eigenvalue weighted by molar-refractivity contribution is 0.383. The van der Waals surface area contributed by atoms with Crippen molar-refractivity contribution in [1.29, 1.82) is 5.26 Å². The van der Waals surface area contributed by atoms with Gasteiger partial charge in [-0.2, -0.15) is 5.26 Å². The summed E-state index contributed by atoms with van der Waals surface area (Å²) in [6.07, 6.45) is -0.302. The van der Waals surface area contributed by atoms with E-state index in [0.29, 0.717) is 11.4 Å². The Kier molecular flexibility index (Phi) is 7.05. The molecule has 10 rings (SSSR count). The Bertz CT molecular complexity index is 2970. The molecule has 0 saturated carbocycles. The zero-order valence-corrected chi connectivity index (χ0v) is 28.8. The molecule has 53 heavy (non-hydrogen) atoms. The summed E-state index contributed by atoms with van der Waals surface area (Å²) in [5.74, 6) is 1.37. The summed E-state index contributed by atoms with van der Waals surface area (Å²) >= 11 is 0. The lowest BCUT2D eigenvalue weighted by Crippen LogP contribution is -2.35. The van der Waals surface area contributed by atoms with E-state index in [1.807, 2.05) is 61.6 Å². The van der Waals surface area contributed by atoms with Gasteiger partial charge in [0.05, 0.1) is 28.2 Å². The highest BCUT2D eigenvalue weighted by Gasteiger charge is 2.28. The summed E-state index contributed by atoms with van der Waals surface area (Å²) in [7, 11) is 2.01. The van der Waals surface area contributed by atoms with E-state index in [2.05, 4.69) is 125 Å². The molecule has 0 aliphatic carbocycles. The third-order valence-electron chi connectivity index (χ3n) is 10.3. The summed E-state index contributed by atoms with van der Waals surface area (Å²) in [6.45, 7) is 0. The minimum Gasteiger partial charge on any atom is -0.455 e. The van der Waals surface area contributed by atoms with Gasteiger partial charge in [0.1, 0.15) is 23.2 Å². The normalized spacial score (nSPS) is 14.5. The Morgan fingerprint density at radius 1 is 0.604 bits per heavy atom. The Morgan fingerprint density at radius 3 is 2.09 bits per heavy atom. The molecule has 9 aromatic rings. The molecule has 6 heteroatoms. The fourth-order valence-corrected chi connectivity index (χ4v) is 7.70. The fourth-order valence-electron chi connectivity index (χ4n) is 7.70. The van der Waals surface area contributed by atoms with Gasteiger partial charge in [0, 0.05) is 39.8 Å². The van der Waals surface area contributed by atoms with Gasteiger partial charge in [-0.05, 0) is 89.5 Å². The van der Waals surface area contributed by atoms with Gasteiger partial charge in [0.25, 0.3) is 0 Å². The molecule has 6 nitrogen and oxygen atoms in total. The fraction of sp³-hybridized carbons (Fsp3) is 0.0426. The van der Waals surface area contributed by atoms with Crippen LogP contribution in [0.2, 0.25) is 0 Å². The third kappa shape index (κ3) is 5.02. The maximum atomic E-state index is 9.41. The molecule has 0 N–H and O–H groups in total. The van der Waals surface area contributed by atoms with E-state index >= 15 is 0 Å². The van der Waals surface area contributed by atoms with Gasteiger partial charge in [-0.25, -0.2) is 9.98 Å². The quantitative estimate of drug-likeness (QED) is 0.182. The van der Waals surface area contributed by atoms with Crippen LogP contribution >= 0.6 is 0 Å². The molecule has 0 amide bonds. The monoisotopic (exact) mass is 681 g/mol. The van der Waals surface area contributed by atoms with Crippen molar-refractivity contribution in [2.75, 3.05) is 7.05 Å². The van der Waals surface area contributed by atoms with E-state index in [-0.39, 0.29) is 6.17 Å². The first kappa shape index (κ1) is 30.6. The number of hydrogen-bond donors (Lipinski definition) is 0. The van der Waals surface area contributed by atoms with Crippen LogP contribution in [0.4, 0.5) is 0 Å². The van der Waals surface area contributed by atoms with Gasteiger partial charge in [-0.1, -0.05) is 91.0 Å². The van der Waals surface area contributed by atoms with E-state index in [4.69, 9.17) is 14.4 Å². The second-order valence-electron chi connectivity index (χ2n) is 13.4. The molecule has 0 saturated heterocycles. The molecule has 0 fully saturated rings. The first-order valence-corrected chi connectivity index (χ1v) is 17.6. The Morgan fingerprint density at radius 2 is 1.28 bits per heavy atom. The number of nitriles is 1. The van der Waals surface area contributed by atoms with Crippen LogP contribution < -0.4 is 0 Å². The topological polar surface area (TPSA) is 69.8 Å². The van der Waals surface area contributed by atoms with Crippen molar-refractivity contribution in [1.82, 2.24) is 9.47 Å². The zero-order valence-electron chi connectivity index (χ0n) is 28.8. The van der Waals surface area contributed by atoms with Crippen molar-refractivity contribution in [3.05, 3.63) is 186 Å². The second kappa shape index (κ2) is 12.2. The van der Waals surface area contributed by atoms with Crippen LogP contribution in [-0.2, 0) is 0 Å². The third-order valence-corrected chi connectivity index (χ3v) is 10.3. The van der Waals surface area contributed by atoms with Crippen molar-refractivity contribution in [3.63, 3.8) is 0 Å². The lowest BCUT2D eigenvalue weighted by atomic mass is 10.0. The first-order valence-electron chi connectivity index (χ1n) is 17.6. The van der Waals surface area contributed by atoms with Crippen LogP contribution in [0.3, 0.4) is 0 Å². The van der Waals surface area contributed by atoms with E-state index in [1.165, 1.54) is 21.8 Å². The van der Waals surface area contributed by atoms with Crippen LogP contribution in [0, 0.1) is 11.3 Å². The molecule has 3 heterocycles. The number of furan rings is 1. The maximum absolute atomic E-state index is 9.41. The highest BCUT2D eigenvalue weighted by Crippen LogP contribution is 2.38. The van der Waals surface area contributed by atoms with Crippen molar-refractivity contribution >= 4 is 55.4 Å². The molecule has 0 spiro atoms. The Hall–Kier alpha value is -7.23. The largest absolute Gasteiger partial charge is 0.455 e. The van der Waals surface area contributed by atoms with Gasteiger partial charge in [-0.3, -0.25) is 0 Å². The van der Waals surface area contributed by atoms with E-state index in [0.717, 1.165) is 61.3 Å². The number of amidine groups is 2. The molecule has 1 aliphatic heterocycles. The molecule has 1 atom stereocenters. The summed E-state index contributed by atoms with van der Waals surface area (Å²) in [5, 5.41) is 13.9. The minimum absolute atomic E-state index is 0.302. The number of aliphatic imine (C=N–C) groups is 2. The SMILES string of the molecule is CN1C(c2ccc(C#N)cc2)=NC(c2cccc3c2oc2cc(-c4ccc5c(c4)c4ccccc4n5-c4ccccc4)ccc23)=NC1c1ccccc1. The molecule has 1 aliphatic rings. The summed E-state index contributed by atoms with van der Waals surface area (Å²) < 4.78 is 9.09. The maximum Gasteiger partial charge on any atom is 0.163 e. The van der Waals surface area contributed by atoms with Gasteiger partial charge in [-0.15, -0.1) is 0 Å². The van der Waals surface area contributed by atoms with Gasteiger partial charge >= 0.3 is 0 Å². The van der Waals surface area contributed by atoms with Crippen LogP contribution in [-0.4, -0.2) is 28.2 Å². The Labute approximate surface area is 305 Å². The minimum atomic E-state index is -0.302. The second-order valence-corrected chi connectivity index (χ2v) is 13.4. The average molecular weight is 682 g/mol. The van der Waals surface area contributed by atoms with E-state index < -0.39 is 0 Å². The van der Waals surface area contributed by atoms with Crippen molar-refractivity contribution in [3.8, 4) is 22.9 Å². The number of nitrogens with zero attached hydrogens (tertiary/aromatic N) is 5. The first-order chi connectivity index (χ1) is 26.1. The molecular weight excluding hydrogens is 651 g/mol. The number of benzene rings is 7. The van der Waals surface area contributed by atoms with Crippen molar-refractivity contribution < 1.29 is 4.42 Å². The number of hydrogen-bond acceptors (Lipinski definition) is 5. The van der Waals surface area contributed by atoms with Crippen molar-refractivity contribution in [2.24, 2.45) is 9.98 Å². The average Bonchev–Trinajstić information content (AvgIpc) is 3.77. The van der Waals surface area contributed by atoms with E-state index in [1.54, 1.807) is 0 Å². The smallest absolute Gasteiger partial charge is 0.163 e. The number of aromatic nitrogens is 1. The Balaban J connectivity index is 1.10. The molecule has 2 aromatic heterocycles. The van der Waals surface area contributed by atoms with Crippen molar-refractivity contribution in [2.45, 2.75) is 6.17 Å². The predicted octanol–water partition coefficient (Wildman–Crippen LogP) is 11.1. The van der Waals surface area contributed by atoms with Gasteiger partial charge < -0.3 is 13.9 Å². The van der Waals surface area contributed by atoms with Gasteiger partial charge in [0.15, 0.2) is 5.84 Å². The zero-order chi connectivity index (χ0) is 35.5. The summed E-state index contributed by atoms with van der Waals surface area (Å²) in [4.78, 5) is 12.4. The molecular formula is C47H31N5O. The number of para-hydroxylation sites is 3. The summed E-state index contributed by atoms with van der Waals surface area (Å²) in [6, 6.07) is 58.5.